The van der Waals surface area contributed by atoms with Gasteiger partial charge in [0.25, 0.3) is 5.91 Å². The SMILES string of the molecule is CCCCN1CCN(C2=NC3C(C(=O)NC(=O)N3C)N2CCc2ccccc2)CC1. The van der Waals surface area contributed by atoms with Crippen LogP contribution in [0.25, 0.3) is 0 Å². The van der Waals surface area contributed by atoms with Crippen molar-refractivity contribution in [2.45, 2.75) is 38.4 Å². The average Bonchev–Trinajstić information content (AvgIpc) is 3.16. The van der Waals surface area contributed by atoms with Gasteiger partial charge in [-0.2, -0.15) is 0 Å². The van der Waals surface area contributed by atoms with Crippen molar-refractivity contribution >= 4 is 17.9 Å². The Bertz CT molecular complexity index is 790. The molecule has 2 unspecified atom stereocenters. The summed E-state index contributed by atoms with van der Waals surface area (Å²) in [6.07, 6.45) is 2.79. The van der Waals surface area contributed by atoms with E-state index in [1.54, 1.807) is 11.9 Å². The number of rotatable bonds is 6. The predicted molar refractivity (Wildman–Crippen MR) is 116 cm³/mol. The van der Waals surface area contributed by atoms with E-state index in [2.05, 4.69) is 39.1 Å². The number of imide groups is 1. The first-order valence-corrected chi connectivity index (χ1v) is 11.0. The zero-order valence-corrected chi connectivity index (χ0v) is 18.0. The molecule has 0 bridgehead atoms. The maximum Gasteiger partial charge on any atom is 0.325 e. The fourth-order valence-corrected chi connectivity index (χ4v) is 4.46. The molecule has 0 spiro atoms. The number of benzene rings is 1. The second-order valence-electron chi connectivity index (χ2n) is 8.30. The molecule has 162 valence electrons. The van der Waals surface area contributed by atoms with Crippen LogP contribution in [-0.2, 0) is 11.2 Å². The van der Waals surface area contributed by atoms with Crippen LogP contribution in [0.1, 0.15) is 25.3 Å². The molecule has 8 heteroatoms. The van der Waals surface area contributed by atoms with Crippen molar-refractivity contribution in [3.05, 3.63) is 35.9 Å². The van der Waals surface area contributed by atoms with E-state index in [1.807, 2.05) is 18.2 Å². The van der Waals surface area contributed by atoms with Gasteiger partial charge in [0.15, 0.2) is 18.2 Å². The van der Waals surface area contributed by atoms with Crippen LogP contribution in [0, 0.1) is 0 Å². The van der Waals surface area contributed by atoms with Crippen LogP contribution >= 0.6 is 0 Å². The summed E-state index contributed by atoms with van der Waals surface area (Å²) in [5, 5.41) is 2.49. The number of nitrogens with zero attached hydrogens (tertiary/aromatic N) is 5. The van der Waals surface area contributed by atoms with Crippen molar-refractivity contribution < 1.29 is 9.59 Å². The van der Waals surface area contributed by atoms with Gasteiger partial charge < -0.3 is 14.7 Å². The summed E-state index contributed by atoms with van der Waals surface area (Å²) in [5.41, 5.74) is 1.23. The number of carbonyl (C=O) groups excluding carboxylic acids is 2. The van der Waals surface area contributed by atoms with Gasteiger partial charge in [0, 0.05) is 39.8 Å². The topological polar surface area (TPSA) is 71.5 Å². The summed E-state index contributed by atoms with van der Waals surface area (Å²) in [6, 6.07) is 9.44. The van der Waals surface area contributed by atoms with Gasteiger partial charge in [-0.3, -0.25) is 15.0 Å². The molecule has 3 aliphatic rings. The number of amides is 3. The Morgan fingerprint density at radius 2 is 1.80 bits per heavy atom. The Balaban J connectivity index is 1.51. The van der Waals surface area contributed by atoms with Crippen LogP contribution < -0.4 is 5.32 Å². The first-order chi connectivity index (χ1) is 14.6. The van der Waals surface area contributed by atoms with Crippen LogP contribution in [0.15, 0.2) is 35.3 Å². The minimum Gasteiger partial charge on any atom is -0.340 e. The molecule has 2 saturated heterocycles. The molecular weight excluding hydrogens is 380 g/mol. The van der Waals surface area contributed by atoms with E-state index in [-0.39, 0.29) is 11.9 Å². The summed E-state index contributed by atoms with van der Waals surface area (Å²) in [4.78, 5) is 38.2. The van der Waals surface area contributed by atoms with Gasteiger partial charge in [-0.1, -0.05) is 43.7 Å². The van der Waals surface area contributed by atoms with E-state index in [9.17, 15) is 9.59 Å². The summed E-state index contributed by atoms with van der Waals surface area (Å²) in [6.45, 7) is 7.84. The molecule has 4 rings (SSSR count). The Hall–Kier alpha value is -2.61. The minimum absolute atomic E-state index is 0.253. The largest absolute Gasteiger partial charge is 0.340 e. The molecule has 0 radical (unpaired) electrons. The standard InChI is InChI=1S/C22H32N6O2/c1-3-4-11-26-13-15-27(16-14-26)21-23-19-18(20(29)24-22(30)25(19)2)28(21)12-10-17-8-6-5-7-9-17/h5-9,18-19H,3-4,10-16H2,1-2H3,(H,24,29,30). The van der Waals surface area contributed by atoms with Crippen LogP contribution in [0.3, 0.4) is 0 Å². The smallest absolute Gasteiger partial charge is 0.325 e. The fourth-order valence-electron chi connectivity index (χ4n) is 4.46. The second-order valence-corrected chi connectivity index (χ2v) is 8.30. The Labute approximate surface area is 178 Å². The van der Waals surface area contributed by atoms with Gasteiger partial charge in [-0.05, 0) is 24.9 Å². The van der Waals surface area contributed by atoms with E-state index in [4.69, 9.17) is 4.99 Å². The highest BCUT2D eigenvalue weighted by Crippen LogP contribution is 2.26. The maximum atomic E-state index is 12.8. The average molecular weight is 413 g/mol. The number of fused-ring (bicyclic) bond motifs is 1. The van der Waals surface area contributed by atoms with Crippen molar-refractivity contribution in [3.8, 4) is 0 Å². The third kappa shape index (κ3) is 4.14. The normalized spacial score (nSPS) is 24.7. The van der Waals surface area contributed by atoms with Crippen molar-refractivity contribution in [1.29, 1.82) is 0 Å². The lowest BCUT2D eigenvalue weighted by Gasteiger charge is -2.40. The lowest BCUT2D eigenvalue weighted by Crippen LogP contribution is -2.64. The highest BCUT2D eigenvalue weighted by Gasteiger charge is 2.49. The second kappa shape index (κ2) is 9.04. The van der Waals surface area contributed by atoms with Crippen LogP contribution in [0.5, 0.6) is 0 Å². The number of piperazine rings is 1. The molecule has 3 amide bonds. The highest BCUT2D eigenvalue weighted by molar-refractivity contribution is 6.03. The first kappa shape index (κ1) is 20.7. The van der Waals surface area contributed by atoms with Crippen molar-refractivity contribution in [3.63, 3.8) is 0 Å². The Kier molecular flexibility index (Phi) is 6.22. The van der Waals surface area contributed by atoms with Crippen molar-refractivity contribution in [1.82, 2.24) is 24.9 Å². The van der Waals surface area contributed by atoms with E-state index in [0.29, 0.717) is 6.54 Å². The molecule has 2 fully saturated rings. The third-order valence-electron chi connectivity index (χ3n) is 6.31. The van der Waals surface area contributed by atoms with Gasteiger partial charge >= 0.3 is 6.03 Å². The summed E-state index contributed by atoms with van der Waals surface area (Å²) < 4.78 is 0. The number of unbranched alkanes of at least 4 members (excludes halogenated alkanes) is 1. The number of nitrogens with one attached hydrogen (secondary N) is 1. The van der Waals surface area contributed by atoms with Gasteiger partial charge in [-0.15, -0.1) is 0 Å². The molecule has 3 heterocycles. The summed E-state index contributed by atoms with van der Waals surface area (Å²) in [7, 11) is 1.71. The number of guanidine groups is 1. The molecule has 3 aliphatic heterocycles. The Morgan fingerprint density at radius 1 is 1.07 bits per heavy atom. The number of aliphatic imine (C=N–C) groups is 1. The van der Waals surface area contributed by atoms with Crippen LogP contribution in [0.2, 0.25) is 0 Å². The molecule has 0 saturated carbocycles. The first-order valence-electron chi connectivity index (χ1n) is 11.0. The molecule has 0 aliphatic carbocycles. The van der Waals surface area contributed by atoms with E-state index < -0.39 is 12.2 Å². The highest BCUT2D eigenvalue weighted by atomic mass is 16.2. The zero-order valence-electron chi connectivity index (χ0n) is 18.0. The monoisotopic (exact) mass is 412 g/mol. The summed E-state index contributed by atoms with van der Waals surface area (Å²) in [5.74, 6) is 0.601. The van der Waals surface area contributed by atoms with Crippen molar-refractivity contribution in [2.75, 3.05) is 46.3 Å². The van der Waals surface area contributed by atoms with Crippen LogP contribution in [-0.4, -0.2) is 96.0 Å². The lowest BCUT2D eigenvalue weighted by molar-refractivity contribution is -0.127. The Morgan fingerprint density at radius 3 is 2.50 bits per heavy atom. The number of urea groups is 1. The minimum atomic E-state index is -0.468. The molecule has 8 nitrogen and oxygen atoms in total. The molecule has 1 N–H and O–H groups in total. The molecule has 0 aromatic heterocycles. The van der Waals surface area contributed by atoms with Crippen molar-refractivity contribution in [2.24, 2.45) is 4.99 Å². The van der Waals surface area contributed by atoms with Gasteiger partial charge in [0.1, 0.15) is 0 Å². The van der Waals surface area contributed by atoms with Gasteiger partial charge in [0.05, 0.1) is 0 Å². The summed E-state index contributed by atoms with van der Waals surface area (Å²) >= 11 is 0. The molecule has 1 aromatic carbocycles. The number of hydrogen-bond acceptors (Lipinski definition) is 6. The quantitative estimate of drug-likeness (QED) is 0.760. The van der Waals surface area contributed by atoms with E-state index >= 15 is 0 Å². The van der Waals surface area contributed by atoms with Crippen LogP contribution in [0.4, 0.5) is 4.79 Å². The lowest BCUT2D eigenvalue weighted by atomic mass is 10.1. The fraction of sp³-hybridized carbons (Fsp3) is 0.591. The van der Waals surface area contributed by atoms with E-state index in [0.717, 1.165) is 45.1 Å². The number of hydrogen-bond donors (Lipinski definition) is 1. The molecular formula is C22H32N6O2. The molecule has 1 aromatic rings. The molecule has 30 heavy (non-hydrogen) atoms. The predicted octanol–water partition coefficient (Wildman–Crippen LogP) is 1.19. The maximum absolute atomic E-state index is 12.8. The molecule has 2 atom stereocenters. The van der Waals surface area contributed by atoms with Gasteiger partial charge in [0.2, 0.25) is 0 Å². The third-order valence-corrected chi connectivity index (χ3v) is 6.31. The number of likely N-dealkylation sites (N-methyl/N-ethyl adjacent to an activating group) is 1. The van der Waals surface area contributed by atoms with E-state index in [1.165, 1.54) is 18.4 Å². The number of carbonyl (C=O) groups is 2. The van der Waals surface area contributed by atoms with Gasteiger partial charge in [-0.25, -0.2) is 9.79 Å². The zero-order chi connectivity index (χ0) is 21.1.